The summed E-state index contributed by atoms with van der Waals surface area (Å²) in [5.74, 6) is -8.34. The second-order valence-corrected chi connectivity index (χ2v) is 13.4. The minimum absolute atomic E-state index is 0.170. The molecule has 3 unspecified atom stereocenters. The molecule has 0 aliphatic heterocycles. The molecular formula is C35H57N11O13. The van der Waals surface area contributed by atoms with Gasteiger partial charge in [-0.05, 0) is 31.7 Å². The molecule has 0 aromatic heterocycles. The zero-order valence-electron chi connectivity index (χ0n) is 32.6. The number of carbonyl (C=O) groups excluding carboxylic acids is 9. The Bertz CT molecular complexity index is 1590. The van der Waals surface area contributed by atoms with Gasteiger partial charge >= 0.3 is 0 Å². The van der Waals surface area contributed by atoms with E-state index in [2.05, 4.69) is 37.2 Å². The van der Waals surface area contributed by atoms with Gasteiger partial charge in [0.1, 0.15) is 42.3 Å². The molecule has 8 atom stereocenters. The molecule has 1 rings (SSSR count). The van der Waals surface area contributed by atoms with Crippen LogP contribution in [0.3, 0.4) is 0 Å². The summed E-state index contributed by atoms with van der Waals surface area (Å²) < 4.78 is 0. The van der Waals surface area contributed by atoms with Gasteiger partial charge in [-0.2, -0.15) is 0 Å². The Morgan fingerprint density at radius 3 is 1.63 bits per heavy atom. The molecule has 0 radical (unpaired) electrons. The Labute approximate surface area is 339 Å². The Morgan fingerprint density at radius 2 is 1.12 bits per heavy atom. The van der Waals surface area contributed by atoms with Gasteiger partial charge in [-0.25, -0.2) is 0 Å². The lowest BCUT2D eigenvalue weighted by atomic mass is 10.0. The number of carbonyl (C=O) groups is 9. The van der Waals surface area contributed by atoms with Gasteiger partial charge in [0, 0.05) is 25.9 Å². The summed E-state index contributed by atoms with van der Waals surface area (Å²) in [5.41, 5.74) is 22.3. The number of amides is 9. The maximum atomic E-state index is 13.0. The molecule has 59 heavy (non-hydrogen) atoms. The molecule has 0 spiro atoms. The van der Waals surface area contributed by atoms with Crippen LogP contribution in [0.5, 0.6) is 0 Å². The first-order valence-corrected chi connectivity index (χ1v) is 18.5. The Kier molecular flexibility index (Phi) is 23.4. The van der Waals surface area contributed by atoms with Gasteiger partial charge in [0.05, 0.1) is 32.3 Å². The lowest BCUT2D eigenvalue weighted by Crippen LogP contribution is -2.62. The third kappa shape index (κ3) is 19.5. The molecule has 1 aromatic rings. The summed E-state index contributed by atoms with van der Waals surface area (Å²) >= 11 is 0. The van der Waals surface area contributed by atoms with Crippen molar-refractivity contribution in [2.24, 2.45) is 22.9 Å². The fourth-order valence-electron chi connectivity index (χ4n) is 5.04. The van der Waals surface area contributed by atoms with Crippen LogP contribution in [0.2, 0.25) is 0 Å². The van der Waals surface area contributed by atoms with Crippen molar-refractivity contribution in [1.82, 2.24) is 37.2 Å². The molecule has 330 valence electrons. The average molecular weight is 840 g/mol. The maximum Gasteiger partial charge on any atom is 0.245 e. The van der Waals surface area contributed by atoms with Crippen LogP contribution in [0.15, 0.2) is 30.3 Å². The maximum absolute atomic E-state index is 13.0. The van der Waals surface area contributed by atoms with Gasteiger partial charge in [-0.1, -0.05) is 30.3 Å². The lowest BCUT2D eigenvalue weighted by Gasteiger charge is -2.26. The van der Waals surface area contributed by atoms with E-state index in [0.717, 1.165) is 12.5 Å². The first-order valence-electron chi connectivity index (χ1n) is 18.5. The van der Waals surface area contributed by atoms with Crippen LogP contribution >= 0.6 is 0 Å². The van der Waals surface area contributed by atoms with E-state index in [-0.39, 0.29) is 32.4 Å². The molecular weight excluding hydrogens is 782 g/mol. The predicted octanol–water partition coefficient (Wildman–Crippen LogP) is -8.18. The van der Waals surface area contributed by atoms with Crippen LogP contribution in [0.1, 0.15) is 44.6 Å². The van der Waals surface area contributed by atoms with Crippen LogP contribution in [0.25, 0.3) is 0 Å². The van der Waals surface area contributed by atoms with E-state index in [1.54, 1.807) is 30.3 Å². The molecule has 0 bridgehead atoms. The average Bonchev–Trinajstić information content (AvgIpc) is 3.19. The third-order valence-corrected chi connectivity index (χ3v) is 8.44. The van der Waals surface area contributed by atoms with Gasteiger partial charge in [0.25, 0.3) is 0 Å². The van der Waals surface area contributed by atoms with Gasteiger partial charge in [-0.3, -0.25) is 43.2 Å². The molecule has 19 N–H and O–H groups in total. The molecule has 0 saturated carbocycles. The normalized spacial score (nSPS) is 15.0. The summed E-state index contributed by atoms with van der Waals surface area (Å²) in [4.78, 5) is 112. The number of rotatable bonds is 28. The molecule has 0 fully saturated rings. The molecule has 0 heterocycles. The number of unbranched alkanes of at least 4 members (excludes halogenated alkanes) is 1. The number of nitrogens with one attached hydrogen (secondary N) is 7. The predicted molar refractivity (Wildman–Crippen MR) is 206 cm³/mol. The van der Waals surface area contributed by atoms with Crippen LogP contribution in [0, 0.1) is 0 Å². The highest BCUT2D eigenvalue weighted by molar-refractivity contribution is 5.97. The van der Waals surface area contributed by atoms with Crippen LogP contribution in [-0.2, 0) is 49.6 Å². The first kappa shape index (κ1) is 51.2. The van der Waals surface area contributed by atoms with Crippen molar-refractivity contribution >= 4 is 53.2 Å². The van der Waals surface area contributed by atoms with E-state index in [1.165, 1.54) is 0 Å². The van der Waals surface area contributed by atoms with E-state index in [0.29, 0.717) is 12.8 Å². The monoisotopic (exact) mass is 839 g/mol. The number of nitrogens with two attached hydrogens (primary N) is 4. The van der Waals surface area contributed by atoms with E-state index in [4.69, 9.17) is 28.0 Å². The Morgan fingerprint density at radius 1 is 0.610 bits per heavy atom. The summed E-state index contributed by atoms with van der Waals surface area (Å²) in [6.45, 7) is -0.999. The third-order valence-electron chi connectivity index (χ3n) is 8.44. The van der Waals surface area contributed by atoms with Crippen LogP contribution in [-0.4, -0.2) is 155 Å². The quantitative estimate of drug-likeness (QED) is 0.0349. The number of hydrogen-bond donors (Lipinski definition) is 15. The van der Waals surface area contributed by atoms with Crippen molar-refractivity contribution in [3.63, 3.8) is 0 Å². The van der Waals surface area contributed by atoms with Gasteiger partial charge in [0.2, 0.25) is 53.2 Å². The number of aliphatic hydroxyl groups is 4. The standard InChI is InChI=1S/C35H57N11O13/c1-18(50)28(46-33(57)24(14-26(38)51)44-31(55)21(37)16-48)35(59)45-25(17-49)34(58)42-22(29(39)53)9-10-27(52)40-11-5-6-12-41-32(56)23(43-30(54)20(36)15-47)13-19-7-3-2-4-8-19/h2-4,7-8,18,20-25,28,47-50H,5-6,9-17,36-37H2,1H3,(H2,38,51)(H2,39,53)(H,40,52)(H,41,56)(H,42,58)(H,43,54)(H,44,55)(H,45,59)(H,46,57)/t18-,20?,21+,22?,23?,24-,25+,28+/m1/s1. The first-order chi connectivity index (χ1) is 27.8. The highest BCUT2D eigenvalue weighted by atomic mass is 16.3. The highest BCUT2D eigenvalue weighted by Gasteiger charge is 2.34. The van der Waals surface area contributed by atoms with E-state index in [1.807, 2.05) is 0 Å². The van der Waals surface area contributed by atoms with Crippen LogP contribution < -0.4 is 60.2 Å². The van der Waals surface area contributed by atoms with E-state index < -0.39 is 128 Å². The van der Waals surface area contributed by atoms with Crippen molar-refractivity contribution < 1.29 is 63.6 Å². The topological polar surface area (TPSA) is 423 Å². The minimum atomic E-state index is -1.82. The minimum Gasteiger partial charge on any atom is -0.394 e. The molecule has 24 nitrogen and oxygen atoms in total. The Balaban J connectivity index is 2.68. The van der Waals surface area contributed by atoms with Gasteiger partial charge in [0.15, 0.2) is 0 Å². The zero-order chi connectivity index (χ0) is 44.7. The highest BCUT2D eigenvalue weighted by Crippen LogP contribution is 2.05. The van der Waals surface area contributed by atoms with Crippen molar-refractivity contribution in [3.05, 3.63) is 35.9 Å². The summed E-state index contributed by atoms with van der Waals surface area (Å²) in [7, 11) is 0. The van der Waals surface area contributed by atoms with E-state index >= 15 is 0 Å². The fraction of sp³-hybridized carbons (Fsp3) is 0.571. The van der Waals surface area contributed by atoms with Gasteiger partial charge < -0.3 is 80.6 Å². The molecule has 9 amide bonds. The smallest absolute Gasteiger partial charge is 0.245 e. The number of primary amides is 2. The summed E-state index contributed by atoms with van der Waals surface area (Å²) in [6.07, 6.45) is -1.98. The summed E-state index contributed by atoms with van der Waals surface area (Å²) in [5, 5.41) is 54.7. The largest absolute Gasteiger partial charge is 0.394 e. The van der Waals surface area contributed by atoms with Crippen molar-refractivity contribution in [2.75, 3.05) is 32.9 Å². The zero-order valence-corrected chi connectivity index (χ0v) is 32.6. The Hall–Kier alpha value is -5.79. The fourth-order valence-corrected chi connectivity index (χ4v) is 5.04. The molecule has 1 aromatic carbocycles. The molecule has 24 heteroatoms. The number of aliphatic hydroxyl groups excluding tert-OH is 4. The van der Waals surface area contributed by atoms with Crippen molar-refractivity contribution in [2.45, 2.75) is 93.8 Å². The number of hydrogen-bond acceptors (Lipinski definition) is 15. The van der Waals surface area contributed by atoms with Gasteiger partial charge in [-0.15, -0.1) is 0 Å². The van der Waals surface area contributed by atoms with E-state index in [9.17, 15) is 58.5 Å². The molecule has 0 aliphatic carbocycles. The summed E-state index contributed by atoms with van der Waals surface area (Å²) in [6, 6.07) is -1.43. The van der Waals surface area contributed by atoms with Crippen molar-refractivity contribution in [1.29, 1.82) is 0 Å². The van der Waals surface area contributed by atoms with Crippen LogP contribution in [0.4, 0.5) is 0 Å². The second-order valence-electron chi connectivity index (χ2n) is 13.4. The lowest BCUT2D eigenvalue weighted by molar-refractivity contribution is -0.137. The number of benzene rings is 1. The molecule has 0 aliphatic rings. The molecule has 0 saturated heterocycles. The SMILES string of the molecule is C[C@@H](O)[C@H](NC(=O)[C@@H](CC(N)=O)NC(=O)[C@@H](N)CO)C(=O)N[C@@H](CO)C(=O)NC(CCC(=O)NCCCCNC(=O)C(Cc1ccccc1)NC(=O)C(N)CO)C(N)=O. The van der Waals surface area contributed by atoms with Crippen molar-refractivity contribution in [3.8, 4) is 0 Å². The second kappa shape index (κ2) is 27.0.